The Morgan fingerprint density at radius 1 is 1.36 bits per heavy atom. The van der Waals surface area contributed by atoms with E-state index < -0.39 is 12.7 Å². The van der Waals surface area contributed by atoms with Crippen LogP contribution in [-0.2, 0) is 0 Å². The summed E-state index contributed by atoms with van der Waals surface area (Å²) in [7, 11) is 0. The molecule has 0 heterocycles. The van der Waals surface area contributed by atoms with Gasteiger partial charge in [0.15, 0.2) is 0 Å². The number of nitrogens with one attached hydrogen (secondary N) is 1. The van der Waals surface area contributed by atoms with E-state index in [2.05, 4.69) is 5.32 Å². The van der Waals surface area contributed by atoms with Gasteiger partial charge in [0, 0.05) is 14.3 Å². The van der Waals surface area contributed by atoms with Crippen LogP contribution in [0.3, 0.4) is 0 Å². The first-order valence-electron chi connectivity index (χ1n) is 3.64. The predicted octanol–water partition coefficient (Wildman–Crippen LogP) is 3.92. The number of anilines is 1. The smallest absolute Gasteiger partial charge is 0.376 e. The zero-order chi connectivity index (χ0) is 10.8. The van der Waals surface area contributed by atoms with Gasteiger partial charge in [-0.1, -0.05) is 11.6 Å². The summed E-state index contributed by atoms with van der Waals surface area (Å²) in [4.78, 5) is 0. The zero-order valence-electron chi connectivity index (χ0n) is 6.83. The van der Waals surface area contributed by atoms with Crippen molar-refractivity contribution in [1.29, 1.82) is 0 Å². The summed E-state index contributed by atoms with van der Waals surface area (Å²) < 4.78 is 36.2. The largest absolute Gasteiger partial charge is 0.405 e. The van der Waals surface area contributed by atoms with Gasteiger partial charge in [-0.15, -0.1) is 0 Å². The molecule has 1 aromatic carbocycles. The van der Waals surface area contributed by atoms with Crippen molar-refractivity contribution < 1.29 is 13.2 Å². The van der Waals surface area contributed by atoms with Crippen LogP contribution in [0.2, 0.25) is 5.02 Å². The molecule has 0 aliphatic rings. The lowest BCUT2D eigenvalue weighted by molar-refractivity contribution is -0.115. The Balaban J connectivity index is 2.68. The molecule has 0 aromatic heterocycles. The van der Waals surface area contributed by atoms with Crippen molar-refractivity contribution in [3.63, 3.8) is 0 Å². The van der Waals surface area contributed by atoms with Gasteiger partial charge in [-0.3, -0.25) is 0 Å². The first-order valence-corrected chi connectivity index (χ1v) is 5.10. The van der Waals surface area contributed by atoms with Crippen LogP contribution in [0.25, 0.3) is 0 Å². The van der Waals surface area contributed by atoms with Crippen molar-refractivity contribution in [1.82, 2.24) is 0 Å². The topological polar surface area (TPSA) is 12.0 Å². The molecule has 0 amide bonds. The monoisotopic (exact) mass is 335 g/mol. The number of hydrogen-bond acceptors (Lipinski definition) is 1. The minimum atomic E-state index is -4.21. The molecule has 6 heteroatoms. The molecule has 0 saturated carbocycles. The van der Waals surface area contributed by atoms with Gasteiger partial charge in [0.2, 0.25) is 0 Å². The summed E-state index contributed by atoms with van der Waals surface area (Å²) in [5.41, 5.74) is 0.437. The van der Waals surface area contributed by atoms with Crippen molar-refractivity contribution in [2.75, 3.05) is 11.9 Å². The van der Waals surface area contributed by atoms with E-state index in [1.807, 2.05) is 22.6 Å². The van der Waals surface area contributed by atoms with Crippen LogP contribution in [0.1, 0.15) is 0 Å². The second-order valence-electron chi connectivity index (χ2n) is 2.59. The van der Waals surface area contributed by atoms with Crippen LogP contribution in [0, 0.1) is 3.57 Å². The second-order valence-corrected chi connectivity index (χ2v) is 4.19. The van der Waals surface area contributed by atoms with Crippen molar-refractivity contribution >= 4 is 39.9 Å². The third-order valence-electron chi connectivity index (χ3n) is 1.41. The van der Waals surface area contributed by atoms with Gasteiger partial charge in [0.25, 0.3) is 0 Å². The normalized spacial score (nSPS) is 11.5. The van der Waals surface area contributed by atoms with E-state index in [9.17, 15) is 13.2 Å². The van der Waals surface area contributed by atoms with E-state index in [4.69, 9.17) is 11.6 Å². The molecule has 1 rings (SSSR count). The van der Waals surface area contributed by atoms with Crippen LogP contribution in [0.5, 0.6) is 0 Å². The lowest BCUT2D eigenvalue weighted by Gasteiger charge is -2.10. The molecule has 0 aliphatic carbocycles. The summed E-state index contributed by atoms with van der Waals surface area (Å²) in [6, 6.07) is 4.67. The maximum atomic E-state index is 11.9. The quantitative estimate of drug-likeness (QED) is 0.808. The molecule has 0 spiro atoms. The Hall–Kier alpha value is -0.170. The Morgan fingerprint density at radius 3 is 2.50 bits per heavy atom. The molecular formula is C8H6ClF3IN. The average Bonchev–Trinajstić information content (AvgIpc) is 2.00. The number of halogens is 5. The third kappa shape index (κ3) is 3.91. The third-order valence-corrected chi connectivity index (χ3v) is 2.54. The molecule has 0 fully saturated rings. The molecule has 0 bridgehead atoms. The highest BCUT2D eigenvalue weighted by atomic mass is 127. The zero-order valence-corrected chi connectivity index (χ0v) is 9.74. The maximum Gasteiger partial charge on any atom is 0.405 e. The van der Waals surface area contributed by atoms with E-state index >= 15 is 0 Å². The lowest BCUT2D eigenvalue weighted by atomic mass is 10.3. The fourth-order valence-corrected chi connectivity index (χ4v) is 1.89. The molecule has 1 nitrogen and oxygen atoms in total. The minimum absolute atomic E-state index is 0.437. The average molecular weight is 335 g/mol. The molecule has 0 saturated heterocycles. The molecule has 14 heavy (non-hydrogen) atoms. The van der Waals surface area contributed by atoms with Gasteiger partial charge < -0.3 is 5.32 Å². The van der Waals surface area contributed by atoms with E-state index in [0.29, 0.717) is 14.3 Å². The van der Waals surface area contributed by atoms with Crippen molar-refractivity contribution in [2.24, 2.45) is 0 Å². The highest BCUT2D eigenvalue weighted by Gasteiger charge is 2.26. The highest BCUT2D eigenvalue weighted by Crippen LogP contribution is 2.24. The molecule has 1 N–H and O–H groups in total. The molecule has 78 valence electrons. The lowest BCUT2D eigenvalue weighted by Crippen LogP contribution is -2.21. The summed E-state index contributed by atoms with van der Waals surface area (Å²) >= 11 is 7.58. The standard InChI is InChI=1S/C8H6ClF3IN/c9-5-1-2-7(6(13)3-5)14-4-8(10,11)12/h1-3,14H,4H2. The van der Waals surface area contributed by atoms with Crippen LogP contribution in [0.4, 0.5) is 18.9 Å². The first-order chi connectivity index (χ1) is 6.38. The van der Waals surface area contributed by atoms with E-state index in [-0.39, 0.29) is 0 Å². The van der Waals surface area contributed by atoms with Crippen molar-refractivity contribution in [3.8, 4) is 0 Å². The van der Waals surface area contributed by atoms with Crippen molar-refractivity contribution in [2.45, 2.75) is 6.18 Å². The van der Waals surface area contributed by atoms with E-state index in [1.54, 1.807) is 12.1 Å². The van der Waals surface area contributed by atoms with Crippen LogP contribution < -0.4 is 5.32 Å². The summed E-state index contributed by atoms with van der Waals surface area (Å²) in [5.74, 6) is 0. The van der Waals surface area contributed by atoms with E-state index in [0.717, 1.165) is 0 Å². The molecular weight excluding hydrogens is 329 g/mol. The number of alkyl halides is 3. The van der Waals surface area contributed by atoms with Gasteiger partial charge in [-0.25, -0.2) is 0 Å². The minimum Gasteiger partial charge on any atom is -0.376 e. The summed E-state index contributed by atoms with van der Waals surface area (Å²) in [5, 5.41) is 2.80. The first kappa shape index (κ1) is 11.9. The van der Waals surface area contributed by atoms with Gasteiger partial charge in [0.05, 0.1) is 0 Å². The number of rotatable bonds is 2. The van der Waals surface area contributed by atoms with Crippen LogP contribution >= 0.6 is 34.2 Å². The van der Waals surface area contributed by atoms with Gasteiger partial charge in [0.1, 0.15) is 6.54 Å². The number of hydrogen-bond donors (Lipinski definition) is 1. The SMILES string of the molecule is FC(F)(F)CNc1ccc(Cl)cc1I. The highest BCUT2D eigenvalue weighted by molar-refractivity contribution is 14.1. The molecule has 0 radical (unpaired) electrons. The summed E-state index contributed by atoms with van der Waals surface area (Å²) in [6.07, 6.45) is -4.21. The Labute approximate surface area is 97.8 Å². The van der Waals surface area contributed by atoms with Crippen molar-refractivity contribution in [3.05, 3.63) is 26.8 Å². The molecule has 0 atom stereocenters. The Kier molecular flexibility index (Phi) is 3.88. The van der Waals surface area contributed by atoms with Crippen LogP contribution in [0.15, 0.2) is 18.2 Å². The van der Waals surface area contributed by atoms with Gasteiger partial charge >= 0.3 is 6.18 Å². The fraction of sp³-hybridized carbons (Fsp3) is 0.250. The van der Waals surface area contributed by atoms with E-state index in [1.165, 1.54) is 6.07 Å². The molecule has 0 unspecified atom stereocenters. The predicted molar refractivity (Wildman–Crippen MR) is 58.7 cm³/mol. The van der Waals surface area contributed by atoms with Crippen LogP contribution in [-0.4, -0.2) is 12.7 Å². The molecule has 0 aliphatic heterocycles. The van der Waals surface area contributed by atoms with Gasteiger partial charge in [-0.2, -0.15) is 13.2 Å². The fourth-order valence-electron chi connectivity index (χ4n) is 0.828. The maximum absolute atomic E-state index is 11.9. The Morgan fingerprint density at radius 2 is 2.00 bits per heavy atom. The second kappa shape index (κ2) is 4.57. The Bertz CT molecular complexity index is 327. The number of benzene rings is 1. The molecule has 1 aromatic rings. The van der Waals surface area contributed by atoms with Gasteiger partial charge in [-0.05, 0) is 40.8 Å². The summed E-state index contributed by atoms with van der Waals surface area (Å²) in [6.45, 7) is -1.04.